The van der Waals surface area contributed by atoms with Gasteiger partial charge in [0.2, 0.25) is 0 Å². The van der Waals surface area contributed by atoms with Gasteiger partial charge in [0.25, 0.3) is 0 Å². The van der Waals surface area contributed by atoms with E-state index >= 15 is 0 Å². The molecule has 0 saturated carbocycles. The normalized spacial score (nSPS) is 12.4. The Morgan fingerprint density at radius 3 is 2.29 bits per heavy atom. The molecule has 1 unspecified atom stereocenters. The molecule has 2 aromatic rings. The van der Waals surface area contributed by atoms with E-state index in [9.17, 15) is 13.2 Å². The summed E-state index contributed by atoms with van der Waals surface area (Å²) < 4.78 is 41.4. The van der Waals surface area contributed by atoms with Crippen molar-refractivity contribution in [2.75, 3.05) is 6.54 Å². The Bertz CT molecular complexity index is 605. The Hall–Kier alpha value is -1.81. The van der Waals surface area contributed by atoms with Gasteiger partial charge < -0.3 is 5.32 Å². The van der Waals surface area contributed by atoms with Crippen LogP contribution in [0, 0.1) is 24.4 Å². The van der Waals surface area contributed by atoms with Crippen LogP contribution in [-0.2, 0) is 0 Å². The number of rotatable bonds is 5. The molecule has 0 bridgehead atoms. The molecule has 0 radical (unpaired) electrons. The second-order valence-corrected chi connectivity index (χ2v) is 5.02. The molecular weight excluding hydrogens is 275 g/mol. The molecule has 0 saturated heterocycles. The summed E-state index contributed by atoms with van der Waals surface area (Å²) >= 11 is 0. The second kappa shape index (κ2) is 6.76. The highest BCUT2D eigenvalue weighted by Crippen LogP contribution is 2.29. The van der Waals surface area contributed by atoms with Gasteiger partial charge in [-0.1, -0.05) is 19.1 Å². The minimum atomic E-state index is -0.633. The molecule has 0 amide bonds. The highest BCUT2D eigenvalue weighted by Gasteiger charge is 2.22. The molecule has 21 heavy (non-hydrogen) atoms. The molecule has 112 valence electrons. The van der Waals surface area contributed by atoms with Crippen LogP contribution in [0.3, 0.4) is 0 Å². The van der Waals surface area contributed by atoms with Crippen LogP contribution in [-0.4, -0.2) is 6.54 Å². The van der Waals surface area contributed by atoms with Crippen LogP contribution >= 0.6 is 0 Å². The van der Waals surface area contributed by atoms with Crippen LogP contribution in [0.2, 0.25) is 0 Å². The average molecular weight is 293 g/mol. The number of benzene rings is 2. The number of hydrogen-bond acceptors (Lipinski definition) is 1. The van der Waals surface area contributed by atoms with Crippen molar-refractivity contribution < 1.29 is 13.2 Å². The Labute approximate surface area is 122 Å². The maximum Gasteiger partial charge on any atom is 0.131 e. The van der Waals surface area contributed by atoms with E-state index in [1.807, 2.05) is 6.92 Å². The van der Waals surface area contributed by atoms with E-state index in [1.54, 1.807) is 13.0 Å². The maximum atomic E-state index is 14.1. The van der Waals surface area contributed by atoms with Crippen molar-refractivity contribution >= 4 is 0 Å². The number of aryl methyl sites for hydroxylation is 1. The molecule has 0 aliphatic heterocycles. The van der Waals surface area contributed by atoms with E-state index in [-0.39, 0.29) is 11.4 Å². The summed E-state index contributed by atoms with van der Waals surface area (Å²) in [6, 6.07) is 7.42. The molecule has 0 fully saturated rings. The van der Waals surface area contributed by atoms with Gasteiger partial charge in [-0.05, 0) is 55.3 Å². The topological polar surface area (TPSA) is 12.0 Å². The number of halogens is 3. The van der Waals surface area contributed by atoms with E-state index in [1.165, 1.54) is 30.3 Å². The lowest BCUT2D eigenvalue weighted by molar-refractivity contribution is 0.501. The Kier molecular flexibility index (Phi) is 5.02. The molecule has 0 spiro atoms. The van der Waals surface area contributed by atoms with Crippen molar-refractivity contribution in [2.24, 2.45) is 0 Å². The lowest BCUT2D eigenvalue weighted by atomic mass is 9.94. The van der Waals surface area contributed by atoms with Gasteiger partial charge in [0.05, 0.1) is 6.04 Å². The molecule has 4 heteroatoms. The minimum Gasteiger partial charge on any atom is -0.306 e. The number of hydrogen-bond donors (Lipinski definition) is 1. The first kappa shape index (κ1) is 15.6. The predicted octanol–water partition coefficient (Wildman–Crippen LogP) is 4.50. The SMILES string of the molecule is CCCNC(c1ccc(F)cc1C)c1c(F)cccc1F. The third-order valence-corrected chi connectivity index (χ3v) is 3.43. The highest BCUT2D eigenvalue weighted by molar-refractivity contribution is 5.38. The fraction of sp³-hybridized carbons (Fsp3) is 0.294. The van der Waals surface area contributed by atoms with Gasteiger partial charge in [0.15, 0.2) is 0 Å². The second-order valence-electron chi connectivity index (χ2n) is 5.02. The van der Waals surface area contributed by atoms with E-state index in [4.69, 9.17) is 0 Å². The van der Waals surface area contributed by atoms with Crippen molar-refractivity contribution in [3.63, 3.8) is 0 Å². The van der Waals surface area contributed by atoms with Gasteiger partial charge >= 0.3 is 0 Å². The summed E-state index contributed by atoms with van der Waals surface area (Å²) in [6.45, 7) is 4.31. The zero-order valence-electron chi connectivity index (χ0n) is 12.1. The standard InChI is InChI=1S/C17H18F3N/c1-3-9-21-17(13-8-7-12(18)10-11(13)2)16-14(19)5-4-6-15(16)20/h4-8,10,17,21H,3,9H2,1-2H3. The first-order valence-corrected chi connectivity index (χ1v) is 6.98. The largest absolute Gasteiger partial charge is 0.306 e. The van der Waals surface area contributed by atoms with Crippen molar-refractivity contribution in [3.8, 4) is 0 Å². The van der Waals surface area contributed by atoms with Crippen LogP contribution in [0.15, 0.2) is 36.4 Å². The zero-order valence-corrected chi connectivity index (χ0v) is 12.1. The molecule has 2 rings (SSSR count). The van der Waals surface area contributed by atoms with Gasteiger partial charge in [-0.25, -0.2) is 13.2 Å². The van der Waals surface area contributed by atoms with Crippen molar-refractivity contribution in [1.29, 1.82) is 0 Å². The lowest BCUT2D eigenvalue weighted by Gasteiger charge is -2.22. The lowest BCUT2D eigenvalue weighted by Crippen LogP contribution is -2.26. The Balaban J connectivity index is 2.52. The molecule has 2 aromatic carbocycles. The molecule has 1 atom stereocenters. The summed E-state index contributed by atoms with van der Waals surface area (Å²) in [7, 11) is 0. The van der Waals surface area contributed by atoms with E-state index in [0.29, 0.717) is 17.7 Å². The number of nitrogens with one attached hydrogen (secondary N) is 1. The van der Waals surface area contributed by atoms with Crippen LogP contribution in [0.1, 0.15) is 36.1 Å². The molecule has 0 aromatic heterocycles. The molecule has 1 N–H and O–H groups in total. The van der Waals surface area contributed by atoms with Crippen molar-refractivity contribution in [2.45, 2.75) is 26.3 Å². The van der Waals surface area contributed by atoms with E-state index in [2.05, 4.69) is 5.32 Å². The molecule has 1 nitrogen and oxygen atoms in total. The zero-order chi connectivity index (χ0) is 15.4. The monoisotopic (exact) mass is 293 g/mol. The molecular formula is C17H18F3N. The maximum absolute atomic E-state index is 14.1. The fourth-order valence-electron chi connectivity index (χ4n) is 2.41. The minimum absolute atomic E-state index is 0.0272. The molecule has 0 heterocycles. The first-order chi connectivity index (χ1) is 10.0. The van der Waals surface area contributed by atoms with E-state index < -0.39 is 17.7 Å². The fourth-order valence-corrected chi connectivity index (χ4v) is 2.41. The highest BCUT2D eigenvalue weighted by atomic mass is 19.1. The predicted molar refractivity (Wildman–Crippen MR) is 77.6 cm³/mol. The van der Waals surface area contributed by atoms with Crippen LogP contribution in [0.5, 0.6) is 0 Å². The van der Waals surface area contributed by atoms with Crippen LogP contribution in [0.4, 0.5) is 13.2 Å². The van der Waals surface area contributed by atoms with Crippen LogP contribution < -0.4 is 5.32 Å². The first-order valence-electron chi connectivity index (χ1n) is 6.98. The average Bonchev–Trinajstić information content (AvgIpc) is 2.43. The third kappa shape index (κ3) is 3.45. The van der Waals surface area contributed by atoms with Crippen LogP contribution in [0.25, 0.3) is 0 Å². The summed E-state index contributed by atoms with van der Waals surface area (Å²) in [6.07, 6.45) is 0.826. The van der Waals surface area contributed by atoms with Gasteiger partial charge in [-0.3, -0.25) is 0 Å². The molecule has 0 aliphatic rings. The van der Waals surface area contributed by atoms with Gasteiger partial charge in [0, 0.05) is 5.56 Å². The van der Waals surface area contributed by atoms with Crippen molar-refractivity contribution in [3.05, 3.63) is 70.5 Å². The summed E-state index contributed by atoms with van der Waals surface area (Å²) in [5, 5.41) is 3.14. The third-order valence-electron chi connectivity index (χ3n) is 3.43. The Morgan fingerprint density at radius 1 is 1.05 bits per heavy atom. The van der Waals surface area contributed by atoms with E-state index in [0.717, 1.165) is 6.42 Å². The van der Waals surface area contributed by atoms with Gasteiger partial charge in [-0.2, -0.15) is 0 Å². The Morgan fingerprint density at radius 2 is 1.71 bits per heavy atom. The summed E-state index contributed by atoms with van der Waals surface area (Å²) in [4.78, 5) is 0. The molecule has 0 aliphatic carbocycles. The smallest absolute Gasteiger partial charge is 0.131 e. The van der Waals surface area contributed by atoms with Gasteiger partial charge in [-0.15, -0.1) is 0 Å². The summed E-state index contributed by atoms with van der Waals surface area (Å²) in [5.74, 6) is -1.57. The van der Waals surface area contributed by atoms with Gasteiger partial charge in [0.1, 0.15) is 17.5 Å². The summed E-state index contributed by atoms with van der Waals surface area (Å²) in [5.41, 5.74) is 1.31. The van der Waals surface area contributed by atoms with Crippen molar-refractivity contribution in [1.82, 2.24) is 5.32 Å². The quantitative estimate of drug-likeness (QED) is 0.855.